The maximum absolute atomic E-state index is 13.3. The van der Waals surface area contributed by atoms with Crippen molar-refractivity contribution in [3.8, 4) is 6.07 Å². The molecule has 4 heteroatoms. The molecule has 1 nitrogen and oxygen atoms in total. The lowest BCUT2D eigenvalue weighted by Crippen LogP contribution is -1.92. The second-order valence-corrected chi connectivity index (χ2v) is 3.74. The van der Waals surface area contributed by atoms with Crippen molar-refractivity contribution in [1.29, 1.82) is 5.26 Å². The molecule has 1 aromatic rings. The summed E-state index contributed by atoms with van der Waals surface area (Å²) < 4.78 is 13.7. The SMILES string of the molecule is N#CCCc1c(Cl)ccc(Br)c1F. The molecule has 0 saturated heterocycles. The third-order valence-electron chi connectivity index (χ3n) is 1.63. The summed E-state index contributed by atoms with van der Waals surface area (Å²) >= 11 is 8.82. The molecule has 0 aromatic heterocycles. The van der Waals surface area contributed by atoms with Gasteiger partial charge in [0.05, 0.1) is 10.5 Å². The molecular weight excluding hydrogens is 256 g/mol. The predicted octanol–water partition coefficient (Wildman–Crippen LogP) is 3.70. The van der Waals surface area contributed by atoms with Gasteiger partial charge in [0.2, 0.25) is 0 Å². The Balaban J connectivity index is 3.04. The van der Waals surface area contributed by atoms with Crippen molar-refractivity contribution in [3.05, 3.63) is 33.0 Å². The van der Waals surface area contributed by atoms with Gasteiger partial charge in [-0.15, -0.1) is 0 Å². The van der Waals surface area contributed by atoms with Crippen LogP contribution in [0.4, 0.5) is 4.39 Å². The van der Waals surface area contributed by atoms with Crippen molar-refractivity contribution >= 4 is 27.5 Å². The lowest BCUT2D eigenvalue weighted by atomic mass is 10.1. The van der Waals surface area contributed by atoms with Crippen LogP contribution in [0.25, 0.3) is 0 Å². The highest BCUT2D eigenvalue weighted by atomic mass is 79.9. The molecule has 1 aromatic carbocycles. The molecule has 0 aliphatic heterocycles. The van der Waals surface area contributed by atoms with Crippen molar-refractivity contribution in [3.63, 3.8) is 0 Å². The predicted molar refractivity (Wildman–Crippen MR) is 53.0 cm³/mol. The summed E-state index contributed by atoms with van der Waals surface area (Å²) in [6.45, 7) is 0. The molecule has 0 aliphatic carbocycles. The first-order valence-corrected chi connectivity index (χ1v) is 4.83. The van der Waals surface area contributed by atoms with Crippen LogP contribution in [0, 0.1) is 17.1 Å². The van der Waals surface area contributed by atoms with Crippen LogP contribution in [0.15, 0.2) is 16.6 Å². The highest BCUT2D eigenvalue weighted by Gasteiger charge is 2.09. The van der Waals surface area contributed by atoms with E-state index in [1.54, 1.807) is 12.1 Å². The van der Waals surface area contributed by atoms with Gasteiger partial charge >= 0.3 is 0 Å². The molecule has 0 atom stereocenters. The van der Waals surface area contributed by atoms with Gasteiger partial charge in [0.15, 0.2) is 0 Å². The standard InChI is InChI=1S/C9H6BrClFN/c10-7-3-4-8(11)6(9(7)12)2-1-5-13/h3-4H,1-2H2. The van der Waals surface area contributed by atoms with Crippen molar-refractivity contribution < 1.29 is 4.39 Å². The van der Waals surface area contributed by atoms with E-state index in [4.69, 9.17) is 16.9 Å². The zero-order valence-corrected chi connectivity index (χ0v) is 8.99. The van der Waals surface area contributed by atoms with Crippen molar-refractivity contribution in [2.45, 2.75) is 12.8 Å². The number of nitriles is 1. The number of rotatable bonds is 2. The summed E-state index contributed by atoms with van der Waals surface area (Å²) in [5.41, 5.74) is 0.401. The van der Waals surface area contributed by atoms with Gasteiger partial charge < -0.3 is 0 Å². The number of benzene rings is 1. The van der Waals surface area contributed by atoms with Crippen molar-refractivity contribution in [2.24, 2.45) is 0 Å². The van der Waals surface area contributed by atoms with Gasteiger partial charge in [-0.1, -0.05) is 11.6 Å². The van der Waals surface area contributed by atoms with Crippen LogP contribution in [0.2, 0.25) is 5.02 Å². The van der Waals surface area contributed by atoms with E-state index in [1.165, 1.54) is 0 Å². The number of halogens is 3. The van der Waals surface area contributed by atoms with Gasteiger partial charge in [0.25, 0.3) is 0 Å². The fraction of sp³-hybridized carbons (Fsp3) is 0.222. The van der Waals surface area contributed by atoms with Crippen LogP contribution in [-0.2, 0) is 6.42 Å². The Bertz CT molecular complexity index is 359. The van der Waals surface area contributed by atoms with E-state index in [-0.39, 0.29) is 12.2 Å². The lowest BCUT2D eigenvalue weighted by molar-refractivity contribution is 0.603. The molecule has 0 aliphatic rings. The van der Waals surface area contributed by atoms with Crippen LogP contribution in [0.5, 0.6) is 0 Å². The molecule has 0 fully saturated rings. The highest BCUT2D eigenvalue weighted by molar-refractivity contribution is 9.10. The van der Waals surface area contributed by atoms with E-state index in [0.29, 0.717) is 21.5 Å². The monoisotopic (exact) mass is 261 g/mol. The van der Waals surface area contributed by atoms with Gasteiger partial charge in [-0.25, -0.2) is 4.39 Å². The second kappa shape index (κ2) is 4.59. The fourth-order valence-electron chi connectivity index (χ4n) is 0.979. The van der Waals surface area contributed by atoms with E-state index < -0.39 is 0 Å². The minimum absolute atomic E-state index is 0.271. The number of nitrogens with zero attached hydrogens (tertiary/aromatic N) is 1. The zero-order chi connectivity index (χ0) is 9.84. The summed E-state index contributed by atoms with van der Waals surface area (Å²) in [5, 5.41) is 8.72. The zero-order valence-electron chi connectivity index (χ0n) is 6.65. The summed E-state index contributed by atoms with van der Waals surface area (Å²) in [6, 6.07) is 5.11. The molecule has 0 radical (unpaired) electrons. The number of hydrogen-bond donors (Lipinski definition) is 0. The fourth-order valence-corrected chi connectivity index (χ4v) is 1.59. The molecule has 0 saturated carbocycles. The second-order valence-electron chi connectivity index (χ2n) is 2.48. The molecule has 13 heavy (non-hydrogen) atoms. The topological polar surface area (TPSA) is 23.8 Å². The summed E-state index contributed by atoms with van der Waals surface area (Å²) in [6.07, 6.45) is 0.619. The van der Waals surface area contributed by atoms with Gasteiger partial charge in [0, 0.05) is 17.0 Å². The summed E-state index contributed by atoms with van der Waals surface area (Å²) in [7, 11) is 0. The Hall–Kier alpha value is -0.590. The van der Waals surface area contributed by atoms with E-state index in [2.05, 4.69) is 15.9 Å². The maximum Gasteiger partial charge on any atom is 0.142 e. The first-order valence-electron chi connectivity index (χ1n) is 3.66. The Morgan fingerprint density at radius 2 is 2.23 bits per heavy atom. The molecule has 0 amide bonds. The normalized spacial score (nSPS) is 9.69. The molecule has 0 bridgehead atoms. The Kier molecular flexibility index (Phi) is 3.71. The van der Waals surface area contributed by atoms with Gasteiger partial charge in [-0.3, -0.25) is 0 Å². The molecule has 0 heterocycles. The third-order valence-corrected chi connectivity index (χ3v) is 2.59. The Morgan fingerprint density at radius 3 is 2.85 bits per heavy atom. The van der Waals surface area contributed by atoms with E-state index in [1.807, 2.05) is 6.07 Å². The van der Waals surface area contributed by atoms with E-state index in [0.717, 1.165) is 0 Å². The first-order chi connectivity index (χ1) is 6.16. The van der Waals surface area contributed by atoms with Crippen LogP contribution >= 0.6 is 27.5 Å². The highest BCUT2D eigenvalue weighted by Crippen LogP contribution is 2.26. The van der Waals surface area contributed by atoms with Gasteiger partial charge in [-0.05, 0) is 34.5 Å². The van der Waals surface area contributed by atoms with E-state index >= 15 is 0 Å². The minimum atomic E-state index is -0.372. The van der Waals surface area contributed by atoms with Gasteiger partial charge in [-0.2, -0.15) is 5.26 Å². The summed E-state index contributed by atoms with van der Waals surface area (Å²) in [5.74, 6) is -0.372. The Labute approximate surface area is 89.3 Å². The molecule has 0 spiro atoms. The quantitative estimate of drug-likeness (QED) is 0.746. The lowest BCUT2D eigenvalue weighted by Gasteiger charge is -2.04. The van der Waals surface area contributed by atoms with Crippen LogP contribution in [-0.4, -0.2) is 0 Å². The summed E-state index contributed by atoms with van der Waals surface area (Å²) in [4.78, 5) is 0. The molecule has 0 N–H and O–H groups in total. The van der Waals surface area contributed by atoms with E-state index in [9.17, 15) is 4.39 Å². The molecule has 0 unspecified atom stereocenters. The number of hydrogen-bond acceptors (Lipinski definition) is 1. The van der Waals surface area contributed by atoms with Crippen molar-refractivity contribution in [2.75, 3.05) is 0 Å². The molecule has 68 valence electrons. The molecule has 1 rings (SSSR count). The average molecular weight is 263 g/mol. The minimum Gasteiger partial charge on any atom is -0.205 e. The third kappa shape index (κ3) is 2.43. The maximum atomic E-state index is 13.3. The van der Waals surface area contributed by atoms with Crippen LogP contribution < -0.4 is 0 Å². The molecular formula is C9H6BrClFN. The Morgan fingerprint density at radius 1 is 1.54 bits per heavy atom. The van der Waals surface area contributed by atoms with Gasteiger partial charge in [0.1, 0.15) is 5.82 Å². The first kappa shape index (κ1) is 10.5. The average Bonchev–Trinajstić information content (AvgIpc) is 2.12. The van der Waals surface area contributed by atoms with Crippen LogP contribution in [0.3, 0.4) is 0 Å². The van der Waals surface area contributed by atoms with Crippen molar-refractivity contribution in [1.82, 2.24) is 0 Å². The van der Waals surface area contributed by atoms with Crippen LogP contribution in [0.1, 0.15) is 12.0 Å². The largest absolute Gasteiger partial charge is 0.205 e. The smallest absolute Gasteiger partial charge is 0.142 e.